The molecule has 0 spiro atoms. The number of nitrogens with two attached hydrogens (primary N) is 1. The van der Waals surface area contributed by atoms with Gasteiger partial charge < -0.3 is 10.5 Å². The Hall–Kier alpha value is -0.560. The van der Waals surface area contributed by atoms with Crippen LogP contribution in [0.2, 0.25) is 5.02 Å². The van der Waals surface area contributed by atoms with Gasteiger partial charge in [-0.25, -0.2) is 4.39 Å². The van der Waals surface area contributed by atoms with Crippen molar-refractivity contribution in [1.29, 1.82) is 0 Å². The molecule has 1 saturated heterocycles. The van der Waals surface area contributed by atoms with Gasteiger partial charge >= 0.3 is 6.18 Å². The zero-order valence-corrected chi connectivity index (χ0v) is 12.5. The summed E-state index contributed by atoms with van der Waals surface area (Å²) in [7, 11) is 0. The molecule has 0 aromatic heterocycles. The molecule has 1 aromatic rings. The molecule has 0 radical (unpaired) electrons. The molecular weight excluding hydrogens is 333 g/mol. The Bertz CT molecular complexity index is 490. The van der Waals surface area contributed by atoms with Crippen LogP contribution < -0.4 is 5.73 Å². The number of hydrogen-bond donors (Lipinski definition) is 1. The van der Waals surface area contributed by atoms with Crippen LogP contribution in [0.3, 0.4) is 0 Å². The first-order valence-electron chi connectivity index (χ1n) is 6.20. The molecule has 1 atom stereocenters. The summed E-state index contributed by atoms with van der Waals surface area (Å²) in [4.78, 5) is 0. The normalized spacial score (nSPS) is 18.2. The molecule has 21 heavy (non-hydrogen) atoms. The average Bonchev–Trinajstić information content (AvgIpc) is 2.40. The van der Waals surface area contributed by atoms with E-state index in [1.54, 1.807) is 0 Å². The lowest BCUT2D eigenvalue weighted by atomic mass is 9.85. The molecule has 1 heterocycles. The monoisotopic (exact) mass is 347 g/mol. The quantitative estimate of drug-likeness (QED) is 0.807. The molecule has 1 aromatic carbocycles. The maximum atomic E-state index is 14.1. The summed E-state index contributed by atoms with van der Waals surface area (Å²) in [6, 6.07) is 0.633. The molecule has 0 bridgehead atoms. The van der Waals surface area contributed by atoms with Crippen molar-refractivity contribution in [3.05, 3.63) is 34.1 Å². The summed E-state index contributed by atoms with van der Waals surface area (Å²) >= 11 is 5.60. The maximum absolute atomic E-state index is 14.1. The second-order valence-electron chi connectivity index (χ2n) is 4.80. The van der Waals surface area contributed by atoms with E-state index < -0.39 is 29.2 Å². The van der Waals surface area contributed by atoms with Crippen LogP contribution in [0.4, 0.5) is 17.6 Å². The van der Waals surface area contributed by atoms with Crippen molar-refractivity contribution in [2.75, 3.05) is 13.2 Å². The number of halogens is 6. The summed E-state index contributed by atoms with van der Waals surface area (Å²) in [6.07, 6.45) is -3.65. The van der Waals surface area contributed by atoms with E-state index in [0.29, 0.717) is 26.1 Å². The number of hydrogen-bond acceptors (Lipinski definition) is 2. The van der Waals surface area contributed by atoms with Crippen LogP contribution >= 0.6 is 24.0 Å². The minimum Gasteiger partial charge on any atom is -0.381 e. The Morgan fingerprint density at radius 2 is 1.81 bits per heavy atom. The molecule has 0 aliphatic carbocycles. The fraction of sp³-hybridized carbons (Fsp3) is 0.538. The van der Waals surface area contributed by atoms with Gasteiger partial charge in [-0.05, 0) is 30.9 Å². The summed E-state index contributed by atoms with van der Waals surface area (Å²) in [5.74, 6) is -1.33. The Morgan fingerprint density at radius 3 is 2.33 bits per heavy atom. The number of ether oxygens (including phenoxy) is 1. The van der Waals surface area contributed by atoms with Crippen LogP contribution in [0.1, 0.15) is 30.0 Å². The van der Waals surface area contributed by atoms with E-state index >= 15 is 0 Å². The second-order valence-corrected chi connectivity index (χ2v) is 5.20. The highest BCUT2D eigenvalue weighted by Gasteiger charge is 2.38. The highest BCUT2D eigenvalue weighted by molar-refractivity contribution is 6.30. The highest BCUT2D eigenvalue weighted by atomic mass is 35.5. The molecule has 1 aliphatic rings. The topological polar surface area (TPSA) is 35.2 Å². The van der Waals surface area contributed by atoms with Crippen LogP contribution in [0.5, 0.6) is 0 Å². The standard InChI is InChI=1S/C13H14ClF4NO.ClH/c14-9-2-1-8(13(16,17)18)10(11(9)15)12(19)7-3-5-20-6-4-7;/h1-2,7,12H,3-6,19H2;1H/t12-;/m1./s1. The first-order chi connectivity index (χ1) is 9.32. The highest BCUT2D eigenvalue weighted by Crippen LogP contribution is 2.40. The number of benzene rings is 1. The van der Waals surface area contributed by atoms with Crippen molar-refractivity contribution in [3.8, 4) is 0 Å². The molecule has 2 N–H and O–H groups in total. The number of alkyl halides is 3. The van der Waals surface area contributed by atoms with E-state index in [1.807, 2.05) is 0 Å². The molecule has 2 rings (SSSR count). The van der Waals surface area contributed by atoms with Crippen molar-refractivity contribution in [3.63, 3.8) is 0 Å². The molecule has 0 saturated carbocycles. The summed E-state index contributed by atoms with van der Waals surface area (Å²) < 4.78 is 58.2. The molecule has 1 aliphatic heterocycles. The van der Waals surface area contributed by atoms with Gasteiger partial charge in [0.15, 0.2) is 0 Å². The van der Waals surface area contributed by atoms with E-state index in [1.165, 1.54) is 0 Å². The predicted molar refractivity (Wildman–Crippen MR) is 74.1 cm³/mol. The van der Waals surface area contributed by atoms with Gasteiger partial charge in [-0.15, -0.1) is 12.4 Å². The molecule has 8 heteroatoms. The lowest BCUT2D eigenvalue weighted by molar-refractivity contribution is -0.138. The lowest BCUT2D eigenvalue weighted by Crippen LogP contribution is -2.30. The molecule has 2 nitrogen and oxygen atoms in total. The zero-order valence-electron chi connectivity index (χ0n) is 10.9. The van der Waals surface area contributed by atoms with Gasteiger partial charge in [0.25, 0.3) is 0 Å². The van der Waals surface area contributed by atoms with E-state index in [9.17, 15) is 17.6 Å². The lowest BCUT2D eigenvalue weighted by Gasteiger charge is -2.29. The van der Waals surface area contributed by atoms with Crippen LogP contribution in [-0.2, 0) is 10.9 Å². The van der Waals surface area contributed by atoms with Crippen molar-refractivity contribution < 1.29 is 22.3 Å². The third-order valence-corrected chi connectivity index (χ3v) is 3.84. The molecular formula is C13H15Cl2F4NO. The smallest absolute Gasteiger partial charge is 0.381 e. The first kappa shape index (κ1) is 18.5. The van der Waals surface area contributed by atoms with Crippen molar-refractivity contribution >= 4 is 24.0 Å². The van der Waals surface area contributed by atoms with Crippen molar-refractivity contribution in [1.82, 2.24) is 0 Å². The van der Waals surface area contributed by atoms with Gasteiger partial charge in [-0.3, -0.25) is 0 Å². The van der Waals surface area contributed by atoms with Gasteiger partial charge in [0, 0.05) is 24.8 Å². The van der Waals surface area contributed by atoms with Crippen LogP contribution in [0.25, 0.3) is 0 Å². The Kier molecular flexibility index (Phi) is 6.28. The van der Waals surface area contributed by atoms with Crippen LogP contribution in [0.15, 0.2) is 12.1 Å². The summed E-state index contributed by atoms with van der Waals surface area (Å²) in [5, 5.41) is -0.351. The Labute approximate surface area is 131 Å². The van der Waals surface area contributed by atoms with Gasteiger partial charge in [0.05, 0.1) is 10.6 Å². The van der Waals surface area contributed by atoms with Gasteiger partial charge in [0.1, 0.15) is 5.82 Å². The number of rotatable bonds is 2. The second kappa shape index (κ2) is 7.13. The van der Waals surface area contributed by atoms with Gasteiger partial charge in [0.2, 0.25) is 0 Å². The Morgan fingerprint density at radius 1 is 1.24 bits per heavy atom. The molecule has 0 amide bonds. The minimum atomic E-state index is -4.66. The molecule has 120 valence electrons. The van der Waals surface area contributed by atoms with E-state index in [-0.39, 0.29) is 23.3 Å². The van der Waals surface area contributed by atoms with E-state index in [4.69, 9.17) is 22.1 Å². The summed E-state index contributed by atoms with van der Waals surface area (Å²) in [5.41, 5.74) is 4.28. The fourth-order valence-corrected chi connectivity index (χ4v) is 2.61. The molecule has 0 unspecified atom stereocenters. The third kappa shape index (κ3) is 4.00. The molecule has 1 fully saturated rings. The largest absolute Gasteiger partial charge is 0.416 e. The van der Waals surface area contributed by atoms with Crippen LogP contribution in [-0.4, -0.2) is 13.2 Å². The van der Waals surface area contributed by atoms with Gasteiger partial charge in [-0.1, -0.05) is 11.6 Å². The van der Waals surface area contributed by atoms with Crippen LogP contribution in [0, 0.1) is 11.7 Å². The Balaban J connectivity index is 0.00000220. The zero-order chi connectivity index (χ0) is 14.9. The summed E-state index contributed by atoms with van der Waals surface area (Å²) in [6.45, 7) is 0.837. The van der Waals surface area contributed by atoms with E-state index in [0.717, 1.165) is 12.1 Å². The third-order valence-electron chi connectivity index (χ3n) is 3.55. The van der Waals surface area contributed by atoms with Crippen molar-refractivity contribution in [2.45, 2.75) is 25.1 Å². The van der Waals surface area contributed by atoms with Gasteiger partial charge in [-0.2, -0.15) is 13.2 Å². The maximum Gasteiger partial charge on any atom is 0.416 e. The minimum absolute atomic E-state index is 0. The average molecular weight is 348 g/mol. The predicted octanol–water partition coefficient (Wildman–Crippen LogP) is 4.35. The fourth-order valence-electron chi connectivity index (χ4n) is 2.45. The SMILES string of the molecule is Cl.N[C@@H](c1c(C(F)(F)F)ccc(Cl)c1F)C1CCOCC1. The van der Waals surface area contributed by atoms with Crippen molar-refractivity contribution in [2.24, 2.45) is 11.7 Å². The van der Waals surface area contributed by atoms with E-state index in [2.05, 4.69) is 0 Å². The first-order valence-corrected chi connectivity index (χ1v) is 6.58.